The number of hydrogen-bond donors (Lipinski definition) is 1. The lowest BCUT2D eigenvalue weighted by Gasteiger charge is -2.23. The monoisotopic (exact) mass is 489 g/mol. The molecule has 0 saturated heterocycles. The predicted molar refractivity (Wildman–Crippen MR) is 139 cm³/mol. The van der Waals surface area contributed by atoms with Gasteiger partial charge in [-0.25, -0.2) is 4.98 Å². The van der Waals surface area contributed by atoms with Gasteiger partial charge in [-0.1, -0.05) is 43.2 Å². The number of carbonyl (C=O) groups excluding carboxylic acids is 1. The molecule has 0 saturated carbocycles. The topological polar surface area (TPSA) is 72.9 Å². The Balaban J connectivity index is 1.43. The Morgan fingerprint density at radius 3 is 2.64 bits per heavy atom. The molecule has 2 aromatic carbocycles. The van der Waals surface area contributed by atoms with Gasteiger partial charge < -0.3 is 19.5 Å². The van der Waals surface area contributed by atoms with Crippen LogP contribution in [-0.4, -0.2) is 42.1 Å². The van der Waals surface area contributed by atoms with E-state index in [2.05, 4.69) is 15.2 Å². The number of hydrogen-bond acceptors (Lipinski definition) is 6. The lowest BCUT2D eigenvalue weighted by Crippen LogP contribution is -2.37. The second-order valence-electron chi connectivity index (χ2n) is 8.84. The van der Waals surface area contributed by atoms with E-state index in [1.165, 1.54) is 0 Å². The smallest absolute Gasteiger partial charge is 0.234 e. The van der Waals surface area contributed by atoms with Crippen LogP contribution >= 0.6 is 0 Å². The normalized spacial score (nSPS) is 14.8. The van der Waals surface area contributed by atoms with Crippen LogP contribution in [0, 0.1) is 0 Å². The molecule has 0 spiro atoms. The molecule has 7 heteroatoms. The van der Waals surface area contributed by atoms with Crippen LogP contribution in [0.1, 0.15) is 43.7 Å². The van der Waals surface area contributed by atoms with Crippen LogP contribution in [-0.2, 0) is 17.9 Å². The van der Waals surface area contributed by atoms with Crippen molar-refractivity contribution < 1.29 is 19.0 Å². The average molecular weight is 490 g/mol. The van der Waals surface area contributed by atoms with E-state index in [-0.39, 0.29) is 5.91 Å². The van der Waals surface area contributed by atoms with Crippen molar-refractivity contribution in [3.8, 4) is 23.1 Å². The van der Waals surface area contributed by atoms with E-state index in [0.717, 1.165) is 54.9 Å². The van der Waals surface area contributed by atoms with Gasteiger partial charge in [0.25, 0.3) is 0 Å². The number of pyridine rings is 1. The zero-order chi connectivity index (χ0) is 25.0. The summed E-state index contributed by atoms with van der Waals surface area (Å²) in [6.45, 7) is 5.43. The maximum atomic E-state index is 12.9. The van der Waals surface area contributed by atoms with Crippen molar-refractivity contribution >= 4 is 5.91 Å². The van der Waals surface area contributed by atoms with Gasteiger partial charge in [-0.3, -0.25) is 9.69 Å². The molecule has 7 nitrogen and oxygen atoms in total. The highest BCUT2D eigenvalue weighted by molar-refractivity contribution is 5.78. The molecular formula is C29H35N3O4. The maximum Gasteiger partial charge on any atom is 0.234 e. The summed E-state index contributed by atoms with van der Waals surface area (Å²) in [5.74, 6) is 2.73. The Labute approximate surface area is 213 Å². The summed E-state index contributed by atoms with van der Waals surface area (Å²) >= 11 is 0. The zero-order valence-electron chi connectivity index (χ0n) is 20.9. The fourth-order valence-corrected chi connectivity index (χ4v) is 4.15. The molecule has 36 heavy (non-hydrogen) atoms. The minimum atomic E-state index is -0.00453. The summed E-state index contributed by atoms with van der Waals surface area (Å²) in [6, 6.07) is 19.4. The molecule has 1 aliphatic heterocycles. The highest BCUT2D eigenvalue weighted by atomic mass is 16.5. The summed E-state index contributed by atoms with van der Waals surface area (Å²) in [4.78, 5) is 19.5. The number of fused-ring (bicyclic) bond motifs is 2. The summed E-state index contributed by atoms with van der Waals surface area (Å²) in [5, 5.41) is 3.05. The number of aromatic nitrogens is 1. The van der Waals surface area contributed by atoms with Gasteiger partial charge >= 0.3 is 0 Å². The third-order valence-electron chi connectivity index (χ3n) is 6.02. The summed E-state index contributed by atoms with van der Waals surface area (Å²) in [5.41, 5.74) is 1.97. The van der Waals surface area contributed by atoms with Gasteiger partial charge in [0.15, 0.2) is 11.5 Å². The minimum absolute atomic E-state index is 0.00453. The van der Waals surface area contributed by atoms with Crippen molar-refractivity contribution in [1.82, 2.24) is 15.2 Å². The van der Waals surface area contributed by atoms with Crippen LogP contribution in [0.2, 0.25) is 0 Å². The quantitative estimate of drug-likeness (QED) is 0.504. The van der Waals surface area contributed by atoms with Crippen LogP contribution in [0.15, 0.2) is 66.9 Å². The van der Waals surface area contributed by atoms with Crippen molar-refractivity contribution in [2.45, 2.75) is 45.7 Å². The number of carbonyl (C=O) groups is 1. The Morgan fingerprint density at radius 2 is 1.81 bits per heavy atom. The highest BCUT2D eigenvalue weighted by Crippen LogP contribution is 2.32. The summed E-state index contributed by atoms with van der Waals surface area (Å²) in [7, 11) is 0. The largest absolute Gasteiger partial charge is 0.494 e. The molecular weight excluding hydrogens is 454 g/mol. The molecule has 190 valence electrons. The third kappa shape index (κ3) is 7.71. The van der Waals surface area contributed by atoms with Crippen LogP contribution in [0.25, 0.3) is 0 Å². The molecule has 0 radical (unpaired) electrons. The average Bonchev–Trinajstić information content (AvgIpc) is 2.89. The lowest BCUT2D eigenvalue weighted by molar-refractivity contribution is -0.122. The van der Waals surface area contributed by atoms with E-state index < -0.39 is 0 Å². The van der Waals surface area contributed by atoms with Crippen LogP contribution in [0.3, 0.4) is 0 Å². The molecule has 0 aliphatic carbocycles. The zero-order valence-corrected chi connectivity index (χ0v) is 20.9. The number of benzene rings is 2. The van der Waals surface area contributed by atoms with E-state index in [9.17, 15) is 4.79 Å². The Hall–Kier alpha value is -3.58. The van der Waals surface area contributed by atoms with Crippen molar-refractivity contribution in [3.63, 3.8) is 0 Å². The molecule has 0 atom stereocenters. The van der Waals surface area contributed by atoms with E-state index in [1.807, 2.05) is 67.6 Å². The van der Waals surface area contributed by atoms with Crippen LogP contribution in [0.4, 0.5) is 0 Å². The maximum absolute atomic E-state index is 12.9. The molecule has 0 fully saturated rings. The predicted octanol–water partition coefficient (Wildman–Crippen LogP) is 5.34. The first kappa shape index (κ1) is 25.5. The fraction of sp³-hybridized carbons (Fsp3) is 0.379. The van der Waals surface area contributed by atoms with Gasteiger partial charge in [-0.15, -0.1) is 0 Å². The minimum Gasteiger partial charge on any atom is -0.494 e. The first-order valence-corrected chi connectivity index (χ1v) is 12.8. The number of nitrogens with one attached hydrogen (secondary N) is 1. The number of amides is 1. The SMILES string of the molecule is CCOc1ccc(CNC(=O)CN2CCCCCCOc3ccccc3Oc3ncccc3C2)cc1. The lowest BCUT2D eigenvalue weighted by atomic mass is 10.1. The molecule has 2 heterocycles. The van der Waals surface area contributed by atoms with Crippen molar-refractivity contribution in [3.05, 3.63) is 78.0 Å². The molecule has 4 rings (SSSR count). The molecule has 1 N–H and O–H groups in total. The van der Waals surface area contributed by atoms with Gasteiger partial charge in [0.05, 0.1) is 19.8 Å². The number of rotatable bonds is 6. The summed E-state index contributed by atoms with van der Waals surface area (Å²) < 4.78 is 17.7. The number of ether oxygens (including phenoxy) is 3. The van der Waals surface area contributed by atoms with Gasteiger partial charge in [0.2, 0.25) is 11.8 Å². The molecule has 1 aromatic heterocycles. The van der Waals surface area contributed by atoms with Gasteiger partial charge in [-0.2, -0.15) is 0 Å². The Morgan fingerprint density at radius 1 is 1.00 bits per heavy atom. The molecule has 0 bridgehead atoms. The Kier molecular flexibility index (Phi) is 9.56. The molecule has 1 aliphatic rings. The first-order valence-electron chi connectivity index (χ1n) is 12.8. The van der Waals surface area contributed by atoms with Crippen LogP contribution in [0.5, 0.6) is 23.1 Å². The van der Waals surface area contributed by atoms with Gasteiger partial charge in [-0.05, 0) is 62.2 Å². The Bertz CT molecular complexity index is 1100. The molecule has 1 amide bonds. The van der Waals surface area contributed by atoms with Crippen molar-refractivity contribution in [1.29, 1.82) is 0 Å². The second-order valence-corrected chi connectivity index (χ2v) is 8.84. The van der Waals surface area contributed by atoms with E-state index in [0.29, 0.717) is 44.5 Å². The summed E-state index contributed by atoms with van der Waals surface area (Å²) in [6.07, 6.45) is 5.88. The number of para-hydroxylation sites is 2. The highest BCUT2D eigenvalue weighted by Gasteiger charge is 2.17. The molecule has 3 aromatic rings. The van der Waals surface area contributed by atoms with Gasteiger partial charge in [0.1, 0.15) is 5.75 Å². The second kappa shape index (κ2) is 13.5. The first-order chi connectivity index (χ1) is 17.7. The fourth-order valence-electron chi connectivity index (χ4n) is 4.15. The van der Waals surface area contributed by atoms with Crippen LogP contribution < -0.4 is 19.5 Å². The van der Waals surface area contributed by atoms with Crippen molar-refractivity contribution in [2.75, 3.05) is 26.3 Å². The molecule has 0 unspecified atom stereocenters. The van der Waals surface area contributed by atoms with Gasteiger partial charge in [0, 0.05) is 24.8 Å². The van der Waals surface area contributed by atoms with Crippen molar-refractivity contribution in [2.24, 2.45) is 0 Å². The third-order valence-corrected chi connectivity index (χ3v) is 6.02. The van der Waals surface area contributed by atoms with E-state index in [1.54, 1.807) is 6.20 Å². The van der Waals surface area contributed by atoms with E-state index in [4.69, 9.17) is 14.2 Å². The standard InChI is InChI=1S/C29H35N3O4/c1-2-34-25-15-13-23(14-16-25)20-31-28(33)22-32-18-7-3-4-8-19-35-26-11-5-6-12-27(26)36-29-24(21-32)10-9-17-30-29/h5-6,9-17H,2-4,7-8,18-22H2,1H3,(H,31,33). The number of nitrogens with zero attached hydrogens (tertiary/aromatic N) is 2. The van der Waals surface area contributed by atoms with E-state index >= 15 is 0 Å².